The first-order chi connectivity index (χ1) is 14.0. The maximum Gasteiger partial charge on any atom is 0.280 e. The number of fused-ring (bicyclic) bond motifs is 1. The molecule has 0 atom stereocenters. The van der Waals surface area contributed by atoms with E-state index in [0.717, 1.165) is 10.9 Å². The topological polar surface area (TPSA) is 54.7 Å². The number of rotatable bonds is 4. The number of anilines is 1. The maximum absolute atomic E-state index is 13.1. The highest BCUT2D eigenvalue weighted by Gasteiger charge is 2.29. The zero-order valence-electron chi connectivity index (χ0n) is 15.8. The summed E-state index contributed by atoms with van der Waals surface area (Å²) in [6, 6.07) is 16.3. The number of allylic oxidation sites excluding steroid dienone is 1. The van der Waals surface area contributed by atoms with E-state index in [1.165, 1.54) is 5.01 Å². The van der Waals surface area contributed by atoms with Gasteiger partial charge < -0.3 is 4.57 Å². The average molecular weight is 404 g/mol. The van der Waals surface area contributed by atoms with Crippen molar-refractivity contribution in [1.29, 1.82) is 0 Å². The van der Waals surface area contributed by atoms with Crippen LogP contribution in [-0.2, 0) is 11.3 Å². The molecule has 0 N–H and O–H groups in total. The number of hydrogen-bond donors (Lipinski definition) is 0. The molecule has 3 aromatic rings. The molecule has 0 saturated heterocycles. The van der Waals surface area contributed by atoms with Crippen molar-refractivity contribution in [3.63, 3.8) is 0 Å². The second kappa shape index (κ2) is 7.53. The number of amides is 1. The fraction of sp³-hybridized carbons (Fsp3) is 0.0870. The largest absolute Gasteiger partial charge is 0.304 e. The molecule has 0 radical (unpaired) electrons. The Morgan fingerprint density at radius 3 is 2.59 bits per heavy atom. The number of halogens is 1. The van der Waals surface area contributed by atoms with E-state index in [1.54, 1.807) is 41.8 Å². The standard InChI is InChI=1S/C23H18ClN3O2/c1-3-11-26-21-14-18(24)10-9-16(21)12-17(22(26)28)13-20-15(2)25-27(23(20)29)19-7-5-4-6-8-19/h3-10,12-14H,1,11H2,2H3/b20-13-. The summed E-state index contributed by atoms with van der Waals surface area (Å²) >= 11 is 6.11. The summed E-state index contributed by atoms with van der Waals surface area (Å²) in [5, 5.41) is 7.12. The first-order valence-electron chi connectivity index (χ1n) is 9.10. The van der Waals surface area contributed by atoms with Crippen molar-refractivity contribution in [3.05, 3.63) is 93.8 Å². The van der Waals surface area contributed by atoms with Crippen LogP contribution >= 0.6 is 11.6 Å². The Balaban J connectivity index is 1.84. The number of aromatic nitrogens is 1. The number of carbonyl (C=O) groups is 1. The third-order valence-electron chi connectivity index (χ3n) is 4.76. The summed E-state index contributed by atoms with van der Waals surface area (Å²) in [5.41, 5.74) is 2.55. The normalized spacial score (nSPS) is 15.2. The van der Waals surface area contributed by atoms with Gasteiger partial charge in [-0.1, -0.05) is 41.9 Å². The number of benzene rings is 2. The van der Waals surface area contributed by atoms with Crippen molar-refractivity contribution >= 4 is 45.9 Å². The number of hydrogen-bond acceptors (Lipinski definition) is 3. The molecular formula is C23H18ClN3O2. The van der Waals surface area contributed by atoms with E-state index >= 15 is 0 Å². The highest BCUT2D eigenvalue weighted by atomic mass is 35.5. The van der Waals surface area contributed by atoms with Gasteiger partial charge in [-0.05, 0) is 48.7 Å². The molecule has 2 aromatic carbocycles. The van der Waals surface area contributed by atoms with Gasteiger partial charge in [-0.3, -0.25) is 9.59 Å². The molecule has 0 bridgehead atoms. The van der Waals surface area contributed by atoms with Gasteiger partial charge in [0, 0.05) is 17.1 Å². The van der Waals surface area contributed by atoms with Crippen LogP contribution in [-0.4, -0.2) is 16.2 Å². The van der Waals surface area contributed by atoms with Crippen LogP contribution in [0.1, 0.15) is 12.5 Å². The van der Waals surface area contributed by atoms with Gasteiger partial charge in [0.25, 0.3) is 11.5 Å². The van der Waals surface area contributed by atoms with Gasteiger partial charge in [0.05, 0.1) is 22.5 Å². The highest BCUT2D eigenvalue weighted by Crippen LogP contribution is 2.25. The molecule has 0 spiro atoms. The lowest BCUT2D eigenvalue weighted by atomic mass is 10.1. The zero-order chi connectivity index (χ0) is 20.5. The quantitative estimate of drug-likeness (QED) is 0.470. The molecule has 0 saturated carbocycles. The molecule has 6 heteroatoms. The Hall–Kier alpha value is -3.44. The molecule has 1 aliphatic rings. The van der Waals surface area contributed by atoms with Gasteiger partial charge >= 0.3 is 0 Å². The third-order valence-corrected chi connectivity index (χ3v) is 5.00. The Labute approximate surface area is 172 Å². The van der Waals surface area contributed by atoms with Crippen LogP contribution in [0.5, 0.6) is 0 Å². The van der Waals surface area contributed by atoms with E-state index in [1.807, 2.05) is 36.4 Å². The predicted molar refractivity (Wildman–Crippen MR) is 118 cm³/mol. The van der Waals surface area contributed by atoms with Gasteiger partial charge in [0.15, 0.2) is 0 Å². The Bertz CT molecular complexity index is 1260. The molecule has 5 nitrogen and oxygen atoms in total. The number of pyridine rings is 1. The van der Waals surface area contributed by atoms with Gasteiger partial charge in [0.1, 0.15) is 0 Å². The molecule has 0 unspecified atom stereocenters. The van der Waals surface area contributed by atoms with Crippen molar-refractivity contribution in [2.75, 3.05) is 5.01 Å². The van der Waals surface area contributed by atoms with Crippen LogP contribution in [0.3, 0.4) is 0 Å². The maximum atomic E-state index is 13.1. The third kappa shape index (κ3) is 3.41. The minimum atomic E-state index is -0.264. The molecule has 0 aliphatic carbocycles. The minimum Gasteiger partial charge on any atom is -0.304 e. The first-order valence-corrected chi connectivity index (χ1v) is 9.48. The van der Waals surface area contributed by atoms with Crippen LogP contribution in [0.2, 0.25) is 5.02 Å². The molecule has 0 fully saturated rings. The van der Waals surface area contributed by atoms with Gasteiger partial charge in [-0.25, -0.2) is 0 Å². The van der Waals surface area contributed by atoms with Gasteiger partial charge in [0.2, 0.25) is 0 Å². The SMILES string of the molecule is C=CCn1c(=O)c(/C=C2\C(=O)N(c3ccccc3)N=C2C)cc2ccc(Cl)cc21. The van der Waals surface area contributed by atoms with Crippen molar-refractivity contribution in [3.8, 4) is 0 Å². The molecule has 2 heterocycles. The van der Waals surface area contributed by atoms with Crippen molar-refractivity contribution in [2.45, 2.75) is 13.5 Å². The summed E-state index contributed by atoms with van der Waals surface area (Å²) in [7, 11) is 0. The fourth-order valence-corrected chi connectivity index (χ4v) is 3.53. The van der Waals surface area contributed by atoms with Gasteiger partial charge in [-0.15, -0.1) is 6.58 Å². The number of nitrogens with zero attached hydrogens (tertiary/aromatic N) is 3. The van der Waals surface area contributed by atoms with Crippen LogP contribution < -0.4 is 10.6 Å². The smallest absolute Gasteiger partial charge is 0.280 e. The van der Waals surface area contributed by atoms with Crippen LogP contribution in [0.25, 0.3) is 17.0 Å². The lowest BCUT2D eigenvalue weighted by Gasteiger charge is -2.12. The lowest BCUT2D eigenvalue weighted by molar-refractivity contribution is -0.114. The average Bonchev–Trinajstić information content (AvgIpc) is 3.00. The van der Waals surface area contributed by atoms with Crippen molar-refractivity contribution in [2.24, 2.45) is 5.10 Å². The fourth-order valence-electron chi connectivity index (χ4n) is 3.36. The second-order valence-electron chi connectivity index (χ2n) is 6.70. The van der Waals surface area contributed by atoms with E-state index in [-0.39, 0.29) is 11.5 Å². The summed E-state index contributed by atoms with van der Waals surface area (Å²) in [4.78, 5) is 26.1. The van der Waals surface area contributed by atoms with Crippen LogP contribution in [0.15, 0.2) is 82.7 Å². The Morgan fingerprint density at radius 1 is 1.10 bits per heavy atom. The monoisotopic (exact) mass is 403 g/mol. The second-order valence-corrected chi connectivity index (χ2v) is 7.14. The zero-order valence-corrected chi connectivity index (χ0v) is 16.6. The molecule has 144 valence electrons. The minimum absolute atomic E-state index is 0.217. The van der Waals surface area contributed by atoms with E-state index in [9.17, 15) is 9.59 Å². The van der Waals surface area contributed by atoms with Crippen molar-refractivity contribution < 1.29 is 4.79 Å². The number of hydrazone groups is 1. The first kappa shape index (κ1) is 18.9. The summed E-state index contributed by atoms with van der Waals surface area (Å²) in [6.45, 7) is 5.84. The highest BCUT2D eigenvalue weighted by molar-refractivity contribution is 6.32. The van der Waals surface area contributed by atoms with E-state index in [4.69, 9.17) is 11.6 Å². The van der Waals surface area contributed by atoms with Crippen LogP contribution in [0, 0.1) is 0 Å². The predicted octanol–water partition coefficient (Wildman–Crippen LogP) is 4.65. The lowest BCUT2D eigenvalue weighted by Crippen LogP contribution is -2.24. The van der Waals surface area contributed by atoms with E-state index in [0.29, 0.717) is 34.1 Å². The summed E-state index contributed by atoms with van der Waals surface area (Å²) in [5.74, 6) is -0.264. The Morgan fingerprint density at radius 2 is 1.86 bits per heavy atom. The molecule has 29 heavy (non-hydrogen) atoms. The molecule has 4 rings (SSSR count). The van der Waals surface area contributed by atoms with E-state index in [2.05, 4.69) is 11.7 Å². The van der Waals surface area contributed by atoms with Crippen molar-refractivity contribution in [1.82, 2.24) is 4.57 Å². The van der Waals surface area contributed by atoms with Crippen LogP contribution in [0.4, 0.5) is 5.69 Å². The Kier molecular flexibility index (Phi) is 4.91. The number of carbonyl (C=O) groups excluding carboxylic acids is 1. The van der Waals surface area contributed by atoms with Gasteiger partial charge in [-0.2, -0.15) is 10.1 Å². The molecule has 1 amide bonds. The molecule has 1 aliphatic heterocycles. The van der Waals surface area contributed by atoms with E-state index < -0.39 is 0 Å². The molecular weight excluding hydrogens is 386 g/mol. The summed E-state index contributed by atoms with van der Waals surface area (Å²) < 4.78 is 1.60. The summed E-state index contributed by atoms with van der Waals surface area (Å²) in [6.07, 6.45) is 3.27. The number of para-hydroxylation sites is 1. The molecule has 1 aromatic heterocycles.